The maximum absolute atomic E-state index is 13.3. The maximum Gasteiger partial charge on any atom is 0.344 e. The van der Waals surface area contributed by atoms with E-state index < -0.39 is 34.6 Å². The number of hydrogen-bond donors (Lipinski definition) is 0. The zero-order valence-corrected chi connectivity index (χ0v) is 8.89. The first-order chi connectivity index (χ1) is 7.47. The van der Waals surface area contributed by atoms with Crippen LogP contribution in [0.25, 0.3) is 0 Å². The summed E-state index contributed by atoms with van der Waals surface area (Å²) in [5.41, 5.74) is -1.46. The molecule has 0 aliphatic carbocycles. The summed E-state index contributed by atoms with van der Waals surface area (Å²) in [6.45, 7) is 1.54. The number of pyridine rings is 1. The molecule has 3 nitrogen and oxygen atoms in total. The first-order valence-corrected chi connectivity index (χ1v) is 4.66. The molecule has 0 spiro atoms. The van der Waals surface area contributed by atoms with Gasteiger partial charge in [-0.15, -0.1) is 0 Å². The van der Waals surface area contributed by atoms with Crippen molar-refractivity contribution in [2.75, 3.05) is 6.61 Å². The molecule has 16 heavy (non-hydrogen) atoms. The number of rotatable bonds is 3. The minimum Gasteiger partial charge on any atom is -0.462 e. The molecule has 0 fully saturated rings. The van der Waals surface area contributed by atoms with Crippen molar-refractivity contribution in [2.45, 2.75) is 13.3 Å². The third-order valence-electron chi connectivity index (χ3n) is 1.65. The molecule has 0 aromatic carbocycles. The number of hydrogen-bond acceptors (Lipinski definition) is 3. The van der Waals surface area contributed by atoms with Crippen LogP contribution in [0.1, 0.15) is 29.4 Å². The molecule has 88 valence electrons. The second-order valence-corrected chi connectivity index (χ2v) is 3.07. The monoisotopic (exact) mass is 253 g/mol. The lowest BCUT2D eigenvalue weighted by Gasteiger charge is -2.06. The van der Waals surface area contributed by atoms with Crippen molar-refractivity contribution in [2.24, 2.45) is 0 Å². The molecule has 0 saturated heterocycles. The second kappa shape index (κ2) is 5.16. The Morgan fingerprint density at radius 1 is 1.62 bits per heavy atom. The van der Waals surface area contributed by atoms with Crippen molar-refractivity contribution in [1.29, 1.82) is 0 Å². The van der Waals surface area contributed by atoms with Gasteiger partial charge in [-0.1, -0.05) is 11.6 Å². The Morgan fingerprint density at radius 2 is 2.25 bits per heavy atom. The molecule has 0 unspecified atom stereocenters. The van der Waals surface area contributed by atoms with Gasteiger partial charge in [-0.2, -0.15) is 0 Å². The number of nitrogens with zero attached hydrogens (tertiary/aromatic N) is 1. The van der Waals surface area contributed by atoms with Gasteiger partial charge in [-0.05, 0) is 6.92 Å². The Kier molecular flexibility index (Phi) is 4.12. The summed E-state index contributed by atoms with van der Waals surface area (Å²) in [7, 11) is 0. The Hall–Kier alpha value is -1.30. The normalized spacial score (nSPS) is 10.6. The summed E-state index contributed by atoms with van der Waals surface area (Å²) in [6.07, 6.45) is -2.96. The third-order valence-corrected chi connectivity index (χ3v) is 1.92. The summed E-state index contributed by atoms with van der Waals surface area (Å²) in [6, 6.07) is 0.461. The minimum absolute atomic E-state index is 0.0190. The van der Waals surface area contributed by atoms with E-state index >= 15 is 0 Å². The van der Waals surface area contributed by atoms with Gasteiger partial charge < -0.3 is 4.74 Å². The lowest BCUT2D eigenvalue weighted by atomic mass is 10.2. The van der Waals surface area contributed by atoms with Crippen LogP contribution in [0.15, 0.2) is 6.07 Å². The van der Waals surface area contributed by atoms with E-state index in [4.69, 9.17) is 11.6 Å². The van der Waals surface area contributed by atoms with Gasteiger partial charge in [0.05, 0.1) is 6.61 Å². The fraction of sp³-hybridized carbons (Fsp3) is 0.333. The number of alkyl halides is 2. The van der Waals surface area contributed by atoms with Crippen molar-refractivity contribution in [3.05, 3.63) is 28.3 Å². The Balaban J connectivity index is 3.17. The number of carbonyl (C=O) groups is 1. The van der Waals surface area contributed by atoms with Crippen LogP contribution in [-0.4, -0.2) is 17.6 Å². The van der Waals surface area contributed by atoms with Crippen LogP contribution in [-0.2, 0) is 4.74 Å². The van der Waals surface area contributed by atoms with Crippen molar-refractivity contribution in [1.82, 2.24) is 4.98 Å². The molecule has 7 heteroatoms. The summed E-state index contributed by atoms with van der Waals surface area (Å²) in [4.78, 5) is 14.4. The standard InChI is InChI=1S/C9H7ClF3NO2/c1-2-16-9(15)6-4(11)3-5(8(12)13)14-7(6)10/h3,8H,2H2,1H3. The van der Waals surface area contributed by atoms with Crippen LogP contribution in [0.4, 0.5) is 13.2 Å². The molecule has 1 aromatic rings. The second-order valence-electron chi connectivity index (χ2n) is 2.72. The van der Waals surface area contributed by atoms with Gasteiger partial charge in [0.15, 0.2) is 0 Å². The molecule has 0 radical (unpaired) electrons. The highest BCUT2D eigenvalue weighted by molar-refractivity contribution is 6.32. The third kappa shape index (κ3) is 2.63. The summed E-state index contributed by atoms with van der Waals surface area (Å²) < 4.78 is 42.2. The van der Waals surface area contributed by atoms with Crippen LogP contribution in [0.5, 0.6) is 0 Å². The van der Waals surface area contributed by atoms with Gasteiger partial charge in [0, 0.05) is 6.07 Å². The summed E-state index contributed by atoms with van der Waals surface area (Å²) in [5.74, 6) is -2.20. The van der Waals surface area contributed by atoms with E-state index in [-0.39, 0.29) is 6.61 Å². The van der Waals surface area contributed by atoms with Crippen molar-refractivity contribution in [3.63, 3.8) is 0 Å². The largest absolute Gasteiger partial charge is 0.462 e. The molecule has 0 saturated carbocycles. The van der Waals surface area contributed by atoms with Crippen molar-refractivity contribution < 1.29 is 22.7 Å². The molecule has 0 atom stereocenters. The Bertz CT molecular complexity index is 389. The predicted octanol–water partition coefficient (Wildman–Crippen LogP) is 2.99. The topological polar surface area (TPSA) is 39.2 Å². The maximum atomic E-state index is 13.3. The van der Waals surface area contributed by atoms with E-state index in [2.05, 4.69) is 9.72 Å². The fourth-order valence-electron chi connectivity index (χ4n) is 0.999. The number of aromatic nitrogens is 1. The predicted molar refractivity (Wildman–Crippen MR) is 50.1 cm³/mol. The SMILES string of the molecule is CCOC(=O)c1c(F)cc(C(F)F)nc1Cl. The summed E-state index contributed by atoms with van der Waals surface area (Å²) >= 11 is 5.42. The lowest BCUT2D eigenvalue weighted by Crippen LogP contribution is -2.10. The molecule has 0 bridgehead atoms. The highest BCUT2D eigenvalue weighted by Gasteiger charge is 2.22. The minimum atomic E-state index is -2.96. The van der Waals surface area contributed by atoms with E-state index in [1.807, 2.05) is 0 Å². The van der Waals surface area contributed by atoms with Gasteiger partial charge in [0.25, 0.3) is 6.43 Å². The quantitative estimate of drug-likeness (QED) is 0.614. The van der Waals surface area contributed by atoms with Crippen LogP contribution in [0.3, 0.4) is 0 Å². The van der Waals surface area contributed by atoms with E-state index in [9.17, 15) is 18.0 Å². The van der Waals surface area contributed by atoms with Crippen molar-refractivity contribution in [3.8, 4) is 0 Å². The number of halogens is 4. The van der Waals surface area contributed by atoms with E-state index in [0.717, 1.165) is 0 Å². The molecule has 0 amide bonds. The van der Waals surface area contributed by atoms with Gasteiger partial charge >= 0.3 is 5.97 Å². The first-order valence-electron chi connectivity index (χ1n) is 4.28. The smallest absolute Gasteiger partial charge is 0.344 e. The highest BCUT2D eigenvalue weighted by Crippen LogP contribution is 2.24. The number of carbonyl (C=O) groups excluding carboxylic acids is 1. The van der Waals surface area contributed by atoms with E-state index in [0.29, 0.717) is 6.07 Å². The molecular weight excluding hydrogens is 247 g/mol. The fourth-order valence-corrected chi connectivity index (χ4v) is 1.26. The van der Waals surface area contributed by atoms with Gasteiger partial charge in [0.1, 0.15) is 22.2 Å². The Morgan fingerprint density at radius 3 is 2.69 bits per heavy atom. The van der Waals surface area contributed by atoms with E-state index in [1.165, 1.54) is 6.92 Å². The van der Waals surface area contributed by atoms with E-state index in [1.54, 1.807) is 0 Å². The van der Waals surface area contributed by atoms with Crippen molar-refractivity contribution >= 4 is 17.6 Å². The molecule has 0 aliphatic rings. The molecule has 1 aromatic heterocycles. The number of ether oxygens (including phenoxy) is 1. The molecule has 1 heterocycles. The zero-order chi connectivity index (χ0) is 12.3. The number of esters is 1. The molecule has 0 aliphatic heterocycles. The lowest BCUT2D eigenvalue weighted by molar-refractivity contribution is 0.0520. The van der Waals surface area contributed by atoms with Crippen LogP contribution in [0.2, 0.25) is 5.15 Å². The average Bonchev–Trinajstić information content (AvgIpc) is 2.16. The highest BCUT2D eigenvalue weighted by atomic mass is 35.5. The Labute approximate surface area is 94.2 Å². The van der Waals surface area contributed by atoms with Gasteiger partial charge in [-0.25, -0.2) is 22.9 Å². The zero-order valence-electron chi connectivity index (χ0n) is 8.14. The molecule has 0 N–H and O–H groups in total. The summed E-state index contributed by atoms with van der Waals surface area (Å²) in [5, 5.41) is -0.631. The van der Waals surface area contributed by atoms with Gasteiger partial charge in [0.2, 0.25) is 0 Å². The first kappa shape index (κ1) is 12.8. The van der Waals surface area contributed by atoms with Crippen LogP contribution >= 0.6 is 11.6 Å². The molecular formula is C9H7ClF3NO2. The van der Waals surface area contributed by atoms with Gasteiger partial charge in [-0.3, -0.25) is 0 Å². The average molecular weight is 254 g/mol. The molecule has 1 rings (SSSR count). The van der Waals surface area contributed by atoms with Crippen LogP contribution in [0, 0.1) is 5.82 Å². The van der Waals surface area contributed by atoms with Crippen LogP contribution < -0.4 is 0 Å².